The van der Waals surface area contributed by atoms with Gasteiger partial charge in [-0.15, -0.1) is 0 Å². The molecule has 1 aromatic carbocycles. The Morgan fingerprint density at radius 3 is 3.00 bits per heavy atom. The largest absolute Gasteiger partial charge is 0.465 e. The Kier molecular flexibility index (Phi) is 5.37. The minimum atomic E-state index is -0.312. The number of halogens is 2. The standard InChI is InChI=1S/C12H10BrClO2/c1-2-16-12(15)5-3-4-9-8-10(14)6-7-11(9)13/h6-8H,2,5H2,1H3. The van der Waals surface area contributed by atoms with E-state index in [1.165, 1.54) is 0 Å². The van der Waals surface area contributed by atoms with Crippen LogP contribution in [0.4, 0.5) is 0 Å². The van der Waals surface area contributed by atoms with Gasteiger partial charge in [0.2, 0.25) is 0 Å². The van der Waals surface area contributed by atoms with Gasteiger partial charge in [0.1, 0.15) is 6.42 Å². The van der Waals surface area contributed by atoms with E-state index in [0.29, 0.717) is 11.6 Å². The van der Waals surface area contributed by atoms with Gasteiger partial charge < -0.3 is 4.74 Å². The van der Waals surface area contributed by atoms with Gasteiger partial charge in [-0.2, -0.15) is 0 Å². The lowest BCUT2D eigenvalue weighted by Gasteiger charge is -1.97. The molecule has 0 amide bonds. The zero-order valence-electron chi connectivity index (χ0n) is 8.72. The first-order valence-corrected chi connectivity index (χ1v) is 5.90. The Bertz CT molecular complexity index is 446. The molecule has 1 aromatic rings. The summed E-state index contributed by atoms with van der Waals surface area (Å²) >= 11 is 9.18. The van der Waals surface area contributed by atoms with Crippen LogP contribution in [0.15, 0.2) is 22.7 Å². The molecular weight excluding hydrogens is 291 g/mol. The van der Waals surface area contributed by atoms with Crippen molar-refractivity contribution in [1.29, 1.82) is 0 Å². The van der Waals surface area contributed by atoms with Crippen molar-refractivity contribution in [2.75, 3.05) is 6.61 Å². The molecule has 16 heavy (non-hydrogen) atoms. The van der Waals surface area contributed by atoms with Crippen molar-refractivity contribution in [3.8, 4) is 11.8 Å². The molecule has 0 spiro atoms. The summed E-state index contributed by atoms with van der Waals surface area (Å²) in [6.07, 6.45) is 0.0901. The SMILES string of the molecule is CCOC(=O)CC#Cc1cc(Cl)ccc1Br. The van der Waals surface area contributed by atoms with E-state index in [1.54, 1.807) is 19.1 Å². The van der Waals surface area contributed by atoms with Gasteiger partial charge in [0.05, 0.1) is 6.61 Å². The molecule has 0 aliphatic carbocycles. The fraction of sp³-hybridized carbons (Fsp3) is 0.250. The summed E-state index contributed by atoms with van der Waals surface area (Å²) < 4.78 is 5.61. The highest BCUT2D eigenvalue weighted by atomic mass is 79.9. The minimum Gasteiger partial charge on any atom is -0.465 e. The highest BCUT2D eigenvalue weighted by Crippen LogP contribution is 2.20. The molecule has 0 saturated carbocycles. The number of hydrogen-bond acceptors (Lipinski definition) is 2. The van der Waals surface area contributed by atoms with Crippen molar-refractivity contribution in [1.82, 2.24) is 0 Å². The van der Waals surface area contributed by atoms with Crippen molar-refractivity contribution in [2.45, 2.75) is 13.3 Å². The van der Waals surface area contributed by atoms with Crippen molar-refractivity contribution >= 4 is 33.5 Å². The third-order valence-electron chi connectivity index (χ3n) is 1.69. The zero-order chi connectivity index (χ0) is 12.0. The first-order chi connectivity index (χ1) is 7.63. The molecule has 84 valence electrons. The molecule has 0 aliphatic rings. The van der Waals surface area contributed by atoms with Crippen molar-refractivity contribution in [3.63, 3.8) is 0 Å². The highest BCUT2D eigenvalue weighted by molar-refractivity contribution is 9.10. The molecule has 0 aromatic heterocycles. The maximum Gasteiger partial charge on any atom is 0.317 e. The molecule has 4 heteroatoms. The fourth-order valence-corrected chi connectivity index (χ4v) is 1.53. The molecule has 0 atom stereocenters. The Morgan fingerprint density at radius 1 is 1.56 bits per heavy atom. The Balaban J connectivity index is 2.69. The van der Waals surface area contributed by atoms with Crippen LogP contribution in [0.2, 0.25) is 5.02 Å². The van der Waals surface area contributed by atoms with E-state index in [1.807, 2.05) is 6.07 Å². The van der Waals surface area contributed by atoms with Crippen LogP contribution in [0.1, 0.15) is 18.9 Å². The molecule has 0 radical (unpaired) electrons. The van der Waals surface area contributed by atoms with Crippen LogP contribution in [0.3, 0.4) is 0 Å². The van der Waals surface area contributed by atoms with E-state index < -0.39 is 0 Å². The second kappa shape index (κ2) is 6.57. The third-order valence-corrected chi connectivity index (χ3v) is 2.62. The predicted molar refractivity (Wildman–Crippen MR) is 67.3 cm³/mol. The number of benzene rings is 1. The van der Waals surface area contributed by atoms with Gasteiger partial charge in [-0.1, -0.05) is 23.4 Å². The highest BCUT2D eigenvalue weighted by Gasteiger charge is 1.99. The Labute approximate surface area is 108 Å². The zero-order valence-corrected chi connectivity index (χ0v) is 11.1. The van der Waals surface area contributed by atoms with Gasteiger partial charge in [-0.05, 0) is 41.1 Å². The summed E-state index contributed by atoms with van der Waals surface area (Å²) in [6, 6.07) is 5.32. The molecule has 0 saturated heterocycles. The maximum absolute atomic E-state index is 11.0. The number of hydrogen-bond donors (Lipinski definition) is 0. The fourth-order valence-electron chi connectivity index (χ4n) is 1.02. The summed E-state index contributed by atoms with van der Waals surface area (Å²) in [6.45, 7) is 2.14. The van der Waals surface area contributed by atoms with E-state index >= 15 is 0 Å². The number of rotatable bonds is 2. The second-order valence-electron chi connectivity index (χ2n) is 2.91. The molecule has 0 heterocycles. The molecule has 0 fully saturated rings. The van der Waals surface area contributed by atoms with Gasteiger partial charge in [-0.3, -0.25) is 4.79 Å². The van der Waals surface area contributed by atoms with Crippen molar-refractivity contribution in [2.24, 2.45) is 0 Å². The number of ether oxygens (including phenoxy) is 1. The minimum absolute atomic E-state index is 0.0901. The normalized spacial score (nSPS) is 9.19. The molecule has 0 N–H and O–H groups in total. The Hall–Kier alpha value is -0.980. The van der Waals surface area contributed by atoms with Crippen molar-refractivity contribution < 1.29 is 9.53 Å². The topological polar surface area (TPSA) is 26.3 Å². The lowest BCUT2D eigenvalue weighted by Crippen LogP contribution is -2.01. The van der Waals surface area contributed by atoms with Gasteiger partial charge >= 0.3 is 5.97 Å². The smallest absolute Gasteiger partial charge is 0.317 e. The molecule has 0 unspecified atom stereocenters. The van der Waals surface area contributed by atoms with Crippen LogP contribution >= 0.6 is 27.5 Å². The maximum atomic E-state index is 11.0. The van der Waals surface area contributed by atoms with E-state index in [0.717, 1.165) is 10.0 Å². The van der Waals surface area contributed by atoms with Crippen LogP contribution in [0.25, 0.3) is 0 Å². The van der Waals surface area contributed by atoms with Crippen LogP contribution in [0.5, 0.6) is 0 Å². The molecule has 2 nitrogen and oxygen atoms in total. The average molecular weight is 302 g/mol. The van der Waals surface area contributed by atoms with E-state index in [9.17, 15) is 4.79 Å². The van der Waals surface area contributed by atoms with Crippen LogP contribution in [0, 0.1) is 11.8 Å². The van der Waals surface area contributed by atoms with Crippen LogP contribution < -0.4 is 0 Å². The molecule has 0 aliphatic heterocycles. The van der Waals surface area contributed by atoms with Gasteiger partial charge in [0.15, 0.2) is 0 Å². The molecule has 1 rings (SSSR count). The summed E-state index contributed by atoms with van der Waals surface area (Å²) in [5.74, 6) is 5.29. The van der Waals surface area contributed by atoms with Crippen LogP contribution in [-0.4, -0.2) is 12.6 Å². The predicted octanol–water partition coefficient (Wildman–Crippen LogP) is 3.41. The van der Waals surface area contributed by atoms with E-state index in [2.05, 4.69) is 27.8 Å². The van der Waals surface area contributed by atoms with Gasteiger partial charge in [0.25, 0.3) is 0 Å². The second-order valence-corrected chi connectivity index (χ2v) is 4.20. The lowest BCUT2D eigenvalue weighted by atomic mass is 10.2. The first kappa shape index (κ1) is 13.1. The first-order valence-electron chi connectivity index (χ1n) is 4.73. The summed E-state index contributed by atoms with van der Waals surface area (Å²) in [5.41, 5.74) is 0.761. The molecular formula is C12H10BrClO2. The van der Waals surface area contributed by atoms with Crippen LogP contribution in [-0.2, 0) is 9.53 Å². The number of carbonyl (C=O) groups excluding carboxylic acids is 1. The van der Waals surface area contributed by atoms with E-state index in [-0.39, 0.29) is 12.4 Å². The quantitative estimate of drug-likeness (QED) is 0.618. The molecule has 0 bridgehead atoms. The monoisotopic (exact) mass is 300 g/mol. The van der Waals surface area contributed by atoms with E-state index in [4.69, 9.17) is 16.3 Å². The van der Waals surface area contributed by atoms with Gasteiger partial charge in [-0.25, -0.2) is 0 Å². The lowest BCUT2D eigenvalue weighted by molar-refractivity contribution is -0.141. The summed E-state index contributed by atoms with van der Waals surface area (Å²) in [4.78, 5) is 11.0. The summed E-state index contributed by atoms with van der Waals surface area (Å²) in [5, 5.41) is 0.614. The number of carbonyl (C=O) groups is 1. The van der Waals surface area contributed by atoms with Crippen molar-refractivity contribution in [3.05, 3.63) is 33.3 Å². The summed E-state index contributed by atoms with van der Waals surface area (Å²) in [7, 11) is 0. The average Bonchev–Trinajstić information content (AvgIpc) is 2.23. The third kappa shape index (κ3) is 4.26. The number of esters is 1. The van der Waals surface area contributed by atoms with Gasteiger partial charge in [0, 0.05) is 15.1 Å². The Morgan fingerprint density at radius 2 is 2.31 bits per heavy atom.